The normalized spacial score (nSPS) is 23.0. The highest BCUT2D eigenvalue weighted by molar-refractivity contribution is 6.07. The maximum absolute atomic E-state index is 13.4. The van der Waals surface area contributed by atoms with E-state index in [1.165, 1.54) is 108 Å². The summed E-state index contributed by atoms with van der Waals surface area (Å²) in [6.45, 7) is 23.2. The second-order valence-corrected chi connectivity index (χ2v) is 21.9. The molecule has 1 atom stereocenters. The molecule has 6 amide bonds. The van der Waals surface area contributed by atoms with Crippen molar-refractivity contribution in [3.63, 3.8) is 0 Å². The van der Waals surface area contributed by atoms with Gasteiger partial charge in [0.25, 0.3) is 5.91 Å². The van der Waals surface area contributed by atoms with Gasteiger partial charge in [0, 0.05) is 66.8 Å². The van der Waals surface area contributed by atoms with Crippen molar-refractivity contribution < 1.29 is 24.0 Å². The van der Waals surface area contributed by atoms with Crippen LogP contribution in [-0.4, -0.2) is 84.6 Å². The first-order chi connectivity index (χ1) is 28.1. The topological polar surface area (TPSA) is 119 Å². The van der Waals surface area contributed by atoms with Gasteiger partial charge in [-0.05, 0) is 81.1 Å². The van der Waals surface area contributed by atoms with Gasteiger partial charge in [0.15, 0.2) is 0 Å². The molecule has 4 aliphatic heterocycles. The molecule has 4 saturated heterocycles. The summed E-state index contributed by atoms with van der Waals surface area (Å²) < 4.78 is 0. The van der Waals surface area contributed by atoms with Gasteiger partial charge in [-0.15, -0.1) is 0 Å². The molecular formula is C50H91N5O5. The highest BCUT2D eigenvalue weighted by atomic mass is 16.2. The van der Waals surface area contributed by atoms with Gasteiger partial charge >= 0.3 is 6.03 Å². The Bertz CT molecular complexity index is 1370. The Balaban J connectivity index is 0.000000321. The van der Waals surface area contributed by atoms with Gasteiger partial charge in [-0.2, -0.15) is 0 Å². The van der Waals surface area contributed by atoms with Crippen LogP contribution < -0.4 is 10.6 Å². The van der Waals surface area contributed by atoms with Crippen molar-refractivity contribution >= 4 is 29.7 Å². The monoisotopic (exact) mass is 842 g/mol. The molecule has 0 aromatic rings. The van der Waals surface area contributed by atoms with Crippen molar-refractivity contribution in [1.82, 2.24) is 25.3 Å². The molecule has 60 heavy (non-hydrogen) atoms. The Labute approximate surface area is 367 Å². The smallest absolute Gasteiger partial charge is 0.325 e. The van der Waals surface area contributed by atoms with E-state index in [1.54, 1.807) is 11.8 Å². The van der Waals surface area contributed by atoms with Gasteiger partial charge in [0.05, 0.1) is 0 Å². The van der Waals surface area contributed by atoms with Crippen LogP contribution in [-0.2, 0) is 19.2 Å². The zero-order valence-electron chi connectivity index (χ0n) is 40.6. The molecule has 4 rings (SSSR count). The molecule has 10 heteroatoms. The van der Waals surface area contributed by atoms with Crippen LogP contribution in [0.2, 0.25) is 0 Å². The average molecular weight is 842 g/mol. The van der Waals surface area contributed by atoms with Crippen molar-refractivity contribution in [2.75, 3.05) is 6.54 Å². The molecule has 4 fully saturated rings. The third-order valence-electron chi connectivity index (χ3n) is 13.7. The number of carbonyl (C=O) groups excluding carboxylic acids is 5. The molecule has 0 aromatic heterocycles. The number of hydrogen-bond donors (Lipinski definition) is 2. The molecule has 4 heterocycles. The van der Waals surface area contributed by atoms with E-state index in [9.17, 15) is 24.0 Å². The maximum atomic E-state index is 13.4. The van der Waals surface area contributed by atoms with E-state index in [2.05, 4.69) is 52.2 Å². The van der Waals surface area contributed by atoms with E-state index in [1.807, 2.05) is 32.6 Å². The minimum Gasteiger partial charge on any atom is -0.332 e. The number of piperidine rings is 2. The summed E-state index contributed by atoms with van der Waals surface area (Å²) >= 11 is 0. The lowest BCUT2D eigenvalue weighted by molar-refractivity contribution is -0.156. The van der Waals surface area contributed by atoms with Crippen molar-refractivity contribution in [2.45, 2.75) is 277 Å². The quantitative estimate of drug-likeness (QED) is 0.0601. The number of hydrogen-bond acceptors (Lipinski definition) is 6. The van der Waals surface area contributed by atoms with E-state index >= 15 is 0 Å². The average Bonchev–Trinajstić information content (AvgIpc) is 3.51. The van der Waals surface area contributed by atoms with Crippen molar-refractivity contribution in [3.05, 3.63) is 0 Å². The summed E-state index contributed by atoms with van der Waals surface area (Å²) in [6, 6.07) is -0.234. The molecule has 346 valence electrons. The minimum absolute atomic E-state index is 0.00356. The van der Waals surface area contributed by atoms with E-state index in [4.69, 9.17) is 0 Å². The zero-order valence-corrected chi connectivity index (χ0v) is 40.6. The summed E-state index contributed by atoms with van der Waals surface area (Å²) in [6.07, 6.45) is 29.2. The van der Waals surface area contributed by atoms with Crippen LogP contribution in [0.5, 0.6) is 0 Å². The number of likely N-dealkylation sites (tertiary alicyclic amines) is 2. The van der Waals surface area contributed by atoms with Crippen molar-refractivity contribution in [1.29, 1.82) is 0 Å². The van der Waals surface area contributed by atoms with Crippen molar-refractivity contribution in [3.8, 4) is 0 Å². The second kappa shape index (κ2) is 23.3. The second-order valence-electron chi connectivity index (χ2n) is 21.9. The Morgan fingerprint density at radius 3 is 1.47 bits per heavy atom. The lowest BCUT2D eigenvalue weighted by Crippen LogP contribution is -2.70. The molecular weight excluding hydrogens is 751 g/mol. The van der Waals surface area contributed by atoms with Gasteiger partial charge in [-0.3, -0.25) is 29.0 Å². The number of rotatable bonds is 23. The third kappa shape index (κ3) is 15.1. The van der Waals surface area contributed by atoms with Gasteiger partial charge in [0.1, 0.15) is 5.54 Å². The van der Waals surface area contributed by atoms with Crippen molar-refractivity contribution in [2.24, 2.45) is 5.92 Å². The highest BCUT2D eigenvalue weighted by Crippen LogP contribution is 2.46. The first-order valence-corrected chi connectivity index (χ1v) is 24.7. The number of amides is 6. The number of imide groups is 2. The molecule has 10 nitrogen and oxygen atoms in total. The van der Waals surface area contributed by atoms with Crippen LogP contribution in [0.25, 0.3) is 0 Å². The molecule has 0 bridgehead atoms. The van der Waals surface area contributed by atoms with Crippen LogP contribution in [0.1, 0.15) is 243 Å². The Hall–Kier alpha value is -2.49. The van der Waals surface area contributed by atoms with Gasteiger partial charge in [-0.25, -0.2) is 4.79 Å². The van der Waals surface area contributed by atoms with Gasteiger partial charge in [0.2, 0.25) is 17.7 Å². The van der Waals surface area contributed by atoms with Gasteiger partial charge < -0.3 is 15.5 Å². The Kier molecular flexibility index (Phi) is 20.1. The molecule has 1 spiro atoms. The fraction of sp³-hybridized carbons (Fsp3) is 0.900. The largest absolute Gasteiger partial charge is 0.332 e. The highest BCUT2D eigenvalue weighted by Gasteiger charge is 2.61. The van der Waals surface area contributed by atoms with Crippen LogP contribution in [0.4, 0.5) is 4.79 Å². The summed E-state index contributed by atoms with van der Waals surface area (Å²) in [7, 11) is 0. The number of nitrogens with one attached hydrogen (secondary N) is 2. The van der Waals surface area contributed by atoms with Crippen LogP contribution >= 0.6 is 0 Å². The summed E-state index contributed by atoms with van der Waals surface area (Å²) in [5, 5.41) is 6.67. The van der Waals surface area contributed by atoms with E-state index in [-0.39, 0.29) is 52.7 Å². The minimum atomic E-state index is -0.908. The third-order valence-corrected chi connectivity index (χ3v) is 13.7. The summed E-state index contributed by atoms with van der Waals surface area (Å²) in [5.74, 6) is -0.0192. The van der Waals surface area contributed by atoms with Crippen LogP contribution in [0, 0.1) is 5.92 Å². The van der Waals surface area contributed by atoms with E-state index in [0.717, 1.165) is 44.9 Å². The van der Waals surface area contributed by atoms with E-state index in [0.29, 0.717) is 25.8 Å². The maximum Gasteiger partial charge on any atom is 0.325 e. The number of carbonyl (C=O) groups is 5. The molecule has 0 radical (unpaired) electrons. The van der Waals surface area contributed by atoms with Crippen LogP contribution in [0.15, 0.2) is 0 Å². The summed E-state index contributed by atoms with van der Waals surface area (Å²) in [5.41, 5.74) is -2.04. The van der Waals surface area contributed by atoms with E-state index < -0.39 is 16.6 Å². The molecule has 4 aliphatic rings. The lowest BCUT2D eigenvalue weighted by atomic mass is 9.69. The molecule has 2 N–H and O–H groups in total. The molecule has 0 aromatic carbocycles. The fourth-order valence-electron chi connectivity index (χ4n) is 11.9. The first-order valence-electron chi connectivity index (χ1n) is 24.7. The number of urea groups is 1. The molecule has 0 aliphatic carbocycles. The summed E-state index contributed by atoms with van der Waals surface area (Å²) in [4.78, 5) is 69.0. The lowest BCUT2D eigenvalue weighted by Gasteiger charge is -2.57. The number of unbranched alkanes of at least 4 members (excludes halogenated alkanes) is 18. The Morgan fingerprint density at radius 2 is 1.03 bits per heavy atom. The van der Waals surface area contributed by atoms with Crippen LogP contribution in [0.3, 0.4) is 0 Å². The molecule has 0 saturated carbocycles. The molecule has 1 unspecified atom stereocenters. The Morgan fingerprint density at radius 1 is 0.617 bits per heavy atom. The SMILES string of the molecule is CCCCCCCCCCCCC1CC(=O)N(C2CC(C)(C)NC(C)(C)C2)C1=O.CCCCCCCCCCCCN1C(=O)NC2(CC(C)(C)N(C(C)=O)C(C)(C)C2)C1=O. The number of nitrogens with zero attached hydrogens (tertiary/aromatic N) is 3. The zero-order chi connectivity index (χ0) is 44.8. The fourth-order valence-corrected chi connectivity index (χ4v) is 11.9. The van der Waals surface area contributed by atoms with Gasteiger partial charge in [-0.1, -0.05) is 136 Å². The predicted molar refractivity (Wildman–Crippen MR) is 245 cm³/mol. The first kappa shape index (κ1) is 51.9. The standard InChI is InChI=1S/C25H45N3O3.C25H46N2O2/c1-7-8-9-10-11-12-13-14-15-16-17-27-21(30)25(26-22(27)31)18-23(3,4)28(20(2)29)24(5,6)19-25;1-6-7-8-9-10-11-12-13-14-15-16-20-17-22(28)27(23(20)29)21-18-24(2,3)26-25(4,5)19-21/h7-19H2,1-6H3,(H,26,31);20-21,26H,6-19H2,1-5H3. The predicted octanol–water partition coefficient (Wildman–Crippen LogP) is 11.4.